The topological polar surface area (TPSA) is 75.8 Å². The number of carbonyl (C=O) groups excluding carboxylic acids is 1. The van der Waals surface area contributed by atoms with E-state index in [4.69, 9.17) is 10.5 Å². The van der Waals surface area contributed by atoms with Gasteiger partial charge in [0, 0.05) is 31.1 Å². The van der Waals surface area contributed by atoms with Gasteiger partial charge in [0.1, 0.15) is 11.5 Å². The molecule has 24 heavy (non-hydrogen) atoms. The standard InChI is InChI=1S/C19H28N2O3/c1-11-12(2)17-15(13(3)16(11)22)5-8-19(4,24-17)18(23)21-9-6-14(20)7-10-21/h14,22H,5-10,20H2,1-4H3. The third-order valence-corrected chi connectivity index (χ3v) is 5.80. The van der Waals surface area contributed by atoms with Gasteiger partial charge in [-0.2, -0.15) is 0 Å². The summed E-state index contributed by atoms with van der Waals surface area (Å²) < 4.78 is 6.28. The Labute approximate surface area is 143 Å². The Bertz CT molecular complexity index is 678. The lowest BCUT2D eigenvalue weighted by molar-refractivity contribution is -0.149. The Kier molecular flexibility index (Phi) is 4.24. The van der Waals surface area contributed by atoms with Crippen molar-refractivity contribution in [2.45, 2.75) is 65.0 Å². The summed E-state index contributed by atoms with van der Waals surface area (Å²) in [5, 5.41) is 10.3. The van der Waals surface area contributed by atoms with Gasteiger partial charge >= 0.3 is 0 Å². The molecule has 0 spiro atoms. The van der Waals surface area contributed by atoms with Gasteiger partial charge in [-0.25, -0.2) is 0 Å². The molecule has 2 heterocycles. The number of ether oxygens (including phenoxy) is 1. The normalized spacial score (nSPS) is 24.5. The average Bonchev–Trinajstić information content (AvgIpc) is 2.58. The molecular formula is C19H28N2O3. The second-order valence-electron chi connectivity index (χ2n) is 7.49. The first-order valence-corrected chi connectivity index (χ1v) is 8.80. The highest BCUT2D eigenvalue weighted by atomic mass is 16.5. The number of carbonyl (C=O) groups is 1. The van der Waals surface area contributed by atoms with Crippen LogP contribution >= 0.6 is 0 Å². The van der Waals surface area contributed by atoms with Gasteiger partial charge in [0.25, 0.3) is 5.91 Å². The second-order valence-corrected chi connectivity index (χ2v) is 7.49. The molecule has 3 N–H and O–H groups in total. The fourth-order valence-corrected chi connectivity index (χ4v) is 3.84. The fraction of sp³-hybridized carbons (Fsp3) is 0.632. The van der Waals surface area contributed by atoms with Crippen LogP contribution in [-0.4, -0.2) is 40.6 Å². The molecule has 0 radical (unpaired) electrons. The SMILES string of the molecule is Cc1c(C)c2c(c(C)c1O)CCC(C)(C(=O)N1CCC(N)CC1)O2. The maximum atomic E-state index is 13.1. The third kappa shape index (κ3) is 2.65. The largest absolute Gasteiger partial charge is 0.507 e. The van der Waals surface area contributed by atoms with E-state index in [0.717, 1.165) is 47.3 Å². The molecule has 0 bridgehead atoms. The van der Waals surface area contributed by atoms with Crippen molar-refractivity contribution >= 4 is 5.91 Å². The van der Waals surface area contributed by atoms with Crippen LogP contribution in [0.2, 0.25) is 0 Å². The number of nitrogens with zero attached hydrogens (tertiary/aromatic N) is 1. The summed E-state index contributed by atoms with van der Waals surface area (Å²) in [6.45, 7) is 9.06. The van der Waals surface area contributed by atoms with Crippen molar-refractivity contribution in [3.05, 3.63) is 22.3 Å². The van der Waals surface area contributed by atoms with Gasteiger partial charge in [-0.3, -0.25) is 4.79 Å². The Morgan fingerprint density at radius 3 is 2.46 bits per heavy atom. The number of aromatic hydroxyl groups is 1. The lowest BCUT2D eigenvalue weighted by Crippen LogP contribution is -2.55. The molecule has 2 aliphatic heterocycles. The molecule has 1 aromatic rings. The predicted molar refractivity (Wildman–Crippen MR) is 93.5 cm³/mol. The van der Waals surface area contributed by atoms with Gasteiger partial charge in [0.2, 0.25) is 0 Å². The summed E-state index contributed by atoms with van der Waals surface area (Å²) in [5.74, 6) is 1.18. The summed E-state index contributed by atoms with van der Waals surface area (Å²) >= 11 is 0. The van der Waals surface area contributed by atoms with Gasteiger partial charge < -0.3 is 20.5 Å². The average molecular weight is 332 g/mol. The number of phenolic OH excluding ortho intramolecular Hbond substituents is 1. The first-order chi connectivity index (χ1) is 11.2. The number of fused-ring (bicyclic) bond motifs is 1. The van der Waals surface area contributed by atoms with Crippen molar-refractivity contribution in [2.75, 3.05) is 13.1 Å². The van der Waals surface area contributed by atoms with Gasteiger partial charge in [-0.05, 0) is 63.6 Å². The molecule has 3 rings (SSSR count). The van der Waals surface area contributed by atoms with E-state index >= 15 is 0 Å². The van der Waals surface area contributed by atoms with E-state index in [1.165, 1.54) is 0 Å². The highest BCUT2D eigenvalue weighted by Gasteiger charge is 2.43. The van der Waals surface area contributed by atoms with Crippen molar-refractivity contribution in [1.82, 2.24) is 4.90 Å². The lowest BCUT2D eigenvalue weighted by atomic mass is 9.86. The second kappa shape index (κ2) is 5.96. The highest BCUT2D eigenvalue weighted by molar-refractivity contribution is 5.86. The van der Waals surface area contributed by atoms with Gasteiger partial charge in [-0.15, -0.1) is 0 Å². The number of hydrogen-bond acceptors (Lipinski definition) is 4. The van der Waals surface area contributed by atoms with Crippen LogP contribution in [0.4, 0.5) is 0 Å². The highest BCUT2D eigenvalue weighted by Crippen LogP contribution is 2.43. The van der Waals surface area contributed by atoms with Crippen LogP contribution in [0.15, 0.2) is 0 Å². The van der Waals surface area contributed by atoms with Gasteiger partial charge in [0.05, 0.1) is 0 Å². The number of nitrogens with two attached hydrogens (primary N) is 1. The third-order valence-electron chi connectivity index (χ3n) is 5.80. The number of piperidine rings is 1. The zero-order valence-corrected chi connectivity index (χ0v) is 15.1. The number of rotatable bonds is 1. The molecule has 0 saturated carbocycles. The number of phenols is 1. The number of likely N-dealkylation sites (tertiary alicyclic amines) is 1. The van der Waals surface area contributed by atoms with E-state index in [1.807, 2.05) is 32.6 Å². The molecule has 2 aliphatic rings. The van der Waals surface area contributed by atoms with Crippen molar-refractivity contribution in [1.29, 1.82) is 0 Å². The number of amides is 1. The summed E-state index contributed by atoms with van der Waals surface area (Å²) in [6.07, 6.45) is 3.07. The van der Waals surface area contributed by atoms with Crippen LogP contribution in [0.25, 0.3) is 0 Å². The minimum atomic E-state index is -0.838. The van der Waals surface area contributed by atoms with Crippen LogP contribution in [0.1, 0.15) is 48.4 Å². The smallest absolute Gasteiger partial charge is 0.266 e. The number of benzene rings is 1. The summed E-state index contributed by atoms with van der Waals surface area (Å²) in [7, 11) is 0. The van der Waals surface area contributed by atoms with Crippen LogP contribution in [-0.2, 0) is 11.2 Å². The summed E-state index contributed by atoms with van der Waals surface area (Å²) in [6, 6.07) is 0.199. The minimum absolute atomic E-state index is 0.0582. The van der Waals surface area contributed by atoms with Crippen molar-refractivity contribution < 1.29 is 14.6 Å². The maximum absolute atomic E-state index is 13.1. The molecule has 1 aromatic carbocycles. The van der Waals surface area contributed by atoms with Crippen molar-refractivity contribution in [3.63, 3.8) is 0 Å². The molecule has 1 fully saturated rings. The minimum Gasteiger partial charge on any atom is -0.507 e. The fourth-order valence-electron chi connectivity index (χ4n) is 3.84. The molecule has 1 amide bonds. The predicted octanol–water partition coefficient (Wildman–Crippen LogP) is 2.35. The molecule has 5 nitrogen and oxygen atoms in total. The van der Waals surface area contributed by atoms with Crippen molar-refractivity contribution in [3.8, 4) is 11.5 Å². The van der Waals surface area contributed by atoms with E-state index in [0.29, 0.717) is 25.3 Å². The Hall–Kier alpha value is -1.75. The molecule has 5 heteroatoms. The first-order valence-electron chi connectivity index (χ1n) is 8.80. The van der Waals surface area contributed by atoms with Crippen molar-refractivity contribution in [2.24, 2.45) is 5.73 Å². The van der Waals surface area contributed by atoms with Gasteiger partial charge in [0.15, 0.2) is 5.60 Å². The Morgan fingerprint density at radius 1 is 1.21 bits per heavy atom. The van der Waals surface area contributed by atoms with Crippen LogP contribution in [0.3, 0.4) is 0 Å². The van der Waals surface area contributed by atoms with E-state index in [9.17, 15) is 9.90 Å². The maximum Gasteiger partial charge on any atom is 0.266 e. The number of hydrogen-bond donors (Lipinski definition) is 2. The zero-order valence-electron chi connectivity index (χ0n) is 15.1. The molecule has 132 valence electrons. The van der Waals surface area contributed by atoms with E-state index < -0.39 is 5.60 Å². The molecule has 1 unspecified atom stereocenters. The van der Waals surface area contributed by atoms with Gasteiger partial charge in [-0.1, -0.05) is 0 Å². The van der Waals surface area contributed by atoms with E-state index in [1.54, 1.807) is 0 Å². The first kappa shape index (κ1) is 17.1. The molecule has 1 atom stereocenters. The lowest BCUT2D eigenvalue weighted by Gasteiger charge is -2.41. The molecule has 0 aromatic heterocycles. The Balaban J connectivity index is 1.90. The van der Waals surface area contributed by atoms with E-state index in [2.05, 4.69) is 0 Å². The summed E-state index contributed by atoms with van der Waals surface area (Å²) in [5.41, 5.74) is 8.75. The zero-order chi connectivity index (χ0) is 17.6. The van der Waals surface area contributed by atoms with Crippen LogP contribution < -0.4 is 10.5 Å². The summed E-state index contributed by atoms with van der Waals surface area (Å²) in [4.78, 5) is 14.9. The van der Waals surface area contributed by atoms with E-state index in [-0.39, 0.29) is 11.9 Å². The Morgan fingerprint density at radius 2 is 1.83 bits per heavy atom. The molecule has 1 saturated heterocycles. The van der Waals surface area contributed by atoms with Crippen LogP contribution in [0, 0.1) is 20.8 Å². The quantitative estimate of drug-likeness (QED) is 0.828. The molecular weight excluding hydrogens is 304 g/mol. The van der Waals surface area contributed by atoms with Crippen LogP contribution in [0.5, 0.6) is 11.5 Å². The molecule has 0 aliphatic carbocycles. The monoisotopic (exact) mass is 332 g/mol.